The van der Waals surface area contributed by atoms with Crippen LogP contribution in [0.1, 0.15) is 18.9 Å². The summed E-state index contributed by atoms with van der Waals surface area (Å²) in [5, 5.41) is 9.21. The molecule has 0 saturated carbocycles. The molecule has 1 aromatic carbocycles. The first kappa shape index (κ1) is 18.0. The molecule has 1 unspecified atom stereocenters. The molecule has 0 spiro atoms. The van der Waals surface area contributed by atoms with Crippen molar-refractivity contribution in [2.45, 2.75) is 24.3 Å². The van der Waals surface area contributed by atoms with Crippen molar-refractivity contribution in [1.82, 2.24) is 4.90 Å². The molecule has 1 atom stereocenters. The molecule has 3 N–H and O–H groups in total. The van der Waals surface area contributed by atoms with Crippen LogP contribution in [-0.4, -0.2) is 55.4 Å². The van der Waals surface area contributed by atoms with Crippen molar-refractivity contribution in [2.75, 3.05) is 25.9 Å². The number of aliphatic hydroxyl groups excluding tert-OH is 1. The fourth-order valence-corrected chi connectivity index (χ4v) is 3.21. The normalized spacial score (nSPS) is 13.3. The molecular weight excluding hydrogens is 308 g/mol. The molecule has 1 aromatic rings. The van der Waals surface area contributed by atoms with Crippen LogP contribution in [0.3, 0.4) is 0 Å². The van der Waals surface area contributed by atoms with Gasteiger partial charge in [0.2, 0.25) is 0 Å². The molecule has 0 radical (unpaired) electrons. The summed E-state index contributed by atoms with van der Waals surface area (Å²) in [4.78, 5) is 2.41. The van der Waals surface area contributed by atoms with E-state index < -0.39 is 9.84 Å². The van der Waals surface area contributed by atoms with E-state index in [0.717, 1.165) is 0 Å². The molecule has 21 heavy (non-hydrogen) atoms. The minimum atomic E-state index is -3.32. The summed E-state index contributed by atoms with van der Waals surface area (Å²) >= 11 is 4.84. The van der Waals surface area contributed by atoms with Crippen molar-refractivity contribution < 1.29 is 13.5 Å². The second-order valence-electron chi connectivity index (χ2n) is 5.15. The Morgan fingerprint density at radius 1 is 1.33 bits per heavy atom. The molecule has 0 aliphatic carbocycles. The Morgan fingerprint density at radius 2 is 1.90 bits per heavy atom. The van der Waals surface area contributed by atoms with Gasteiger partial charge in [-0.05, 0) is 32.5 Å². The summed E-state index contributed by atoms with van der Waals surface area (Å²) in [5.74, 6) is 0.0374. The highest BCUT2D eigenvalue weighted by Crippen LogP contribution is 2.13. The predicted octanol–water partition coefficient (Wildman–Crippen LogP) is 0.797. The number of hydrogen-bond donors (Lipinski definition) is 2. The van der Waals surface area contributed by atoms with Gasteiger partial charge in [-0.3, -0.25) is 0 Å². The van der Waals surface area contributed by atoms with E-state index in [-0.39, 0.29) is 21.7 Å². The molecule has 5 nitrogen and oxygen atoms in total. The van der Waals surface area contributed by atoms with Gasteiger partial charge in [0.1, 0.15) is 4.99 Å². The maximum atomic E-state index is 12.2. The molecule has 118 valence electrons. The molecular formula is C14H22N2O3S2. The summed E-state index contributed by atoms with van der Waals surface area (Å²) in [7, 11) is -1.48. The first-order chi connectivity index (χ1) is 9.72. The molecule has 7 heteroatoms. The highest BCUT2D eigenvalue weighted by molar-refractivity contribution is 7.91. The van der Waals surface area contributed by atoms with Gasteiger partial charge in [0.25, 0.3) is 0 Å². The van der Waals surface area contributed by atoms with Crippen LogP contribution in [0.15, 0.2) is 29.2 Å². The topological polar surface area (TPSA) is 83.6 Å². The van der Waals surface area contributed by atoms with Crippen LogP contribution in [0.25, 0.3) is 0 Å². The summed E-state index contributed by atoms with van der Waals surface area (Å²) in [5.41, 5.74) is 6.13. The molecule has 0 bridgehead atoms. The lowest BCUT2D eigenvalue weighted by Crippen LogP contribution is -2.28. The SMILES string of the molecule is CC(O)CCN(C)CCS(=O)(=O)c1ccc(C(N)=S)cc1. The van der Waals surface area contributed by atoms with Crippen LogP contribution < -0.4 is 5.73 Å². The van der Waals surface area contributed by atoms with E-state index in [0.29, 0.717) is 25.1 Å². The Bertz CT molecular complexity index is 568. The summed E-state index contributed by atoms with van der Waals surface area (Å²) in [6, 6.07) is 6.29. The largest absolute Gasteiger partial charge is 0.393 e. The molecule has 0 aromatic heterocycles. The van der Waals surface area contributed by atoms with Gasteiger partial charge in [0, 0.05) is 18.7 Å². The lowest BCUT2D eigenvalue weighted by molar-refractivity contribution is 0.166. The van der Waals surface area contributed by atoms with Crippen LogP contribution in [0.5, 0.6) is 0 Å². The average molecular weight is 330 g/mol. The fraction of sp³-hybridized carbons (Fsp3) is 0.500. The Kier molecular flexibility index (Phi) is 6.73. The van der Waals surface area contributed by atoms with Gasteiger partial charge in [-0.2, -0.15) is 0 Å². The molecule has 0 heterocycles. The first-order valence-corrected chi connectivity index (χ1v) is 8.77. The third-order valence-corrected chi connectivity index (χ3v) is 5.11. The van der Waals surface area contributed by atoms with Crippen molar-refractivity contribution >= 4 is 27.0 Å². The standard InChI is InChI=1S/C14H22N2O3S2/c1-11(17)7-8-16(2)9-10-21(18,19)13-5-3-12(4-6-13)14(15)20/h3-6,11,17H,7-10H2,1-2H3,(H2,15,20). The lowest BCUT2D eigenvalue weighted by atomic mass is 10.2. The third-order valence-electron chi connectivity index (χ3n) is 3.17. The zero-order chi connectivity index (χ0) is 16.0. The highest BCUT2D eigenvalue weighted by atomic mass is 32.2. The highest BCUT2D eigenvalue weighted by Gasteiger charge is 2.15. The Balaban J connectivity index is 2.62. The van der Waals surface area contributed by atoms with Gasteiger partial charge in [-0.15, -0.1) is 0 Å². The van der Waals surface area contributed by atoms with Crippen molar-refractivity contribution in [2.24, 2.45) is 5.73 Å². The molecule has 0 aliphatic heterocycles. The molecule has 0 saturated heterocycles. The second kappa shape index (κ2) is 7.84. The summed E-state index contributed by atoms with van der Waals surface area (Å²) in [6.07, 6.45) is 0.246. The number of nitrogens with two attached hydrogens (primary N) is 1. The Labute approximate surface area is 131 Å². The van der Waals surface area contributed by atoms with Gasteiger partial charge in [0.15, 0.2) is 9.84 Å². The van der Waals surface area contributed by atoms with Crippen molar-refractivity contribution in [3.63, 3.8) is 0 Å². The van der Waals surface area contributed by atoms with E-state index >= 15 is 0 Å². The number of sulfone groups is 1. The van der Waals surface area contributed by atoms with Crippen molar-refractivity contribution in [1.29, 1.82) is 0 Å². The van der Waals surface area contributed by atoms with Gasteiger partial charge in [-0.25, -0.2) is 8.42 Å². The summed E-state index contributed by atoms with van der Waals surface area (Å²) < 4.78 is 24.4. The van der Waals surface area contributed by atoms with E-state index in [1.807, 2.05) is 11.9 Å². The van der Waals surface area contributed by atoms with Crippen LogP contribution in [-0.2, 0) is 9.84 Å². The number of aliphatic hydroxyl groups is 1. The van der Waals surface area contributed by atoms with Crippen LogP contribution in [0.4, 0.5) is 0 Å². The van der Waals surface area contributed by atoms with Gasteiger partial charge in [0.05, 0.1) is 16.8 Å². The minimum absolute atomic E-state index is 0.0374. The maximum Gasteiger partial charge on any atom is 0.179 e. The van der Waals surface area contributed by atoms with Gasteiger partial charge in [-0.1, -0.05) is 24.4 Å². The maximum absolute atomic E-state index is 12.2. The van der Waals surface area contributed by atoms with Crippen LogP contribution in [0.2, 0.25) is 0 Å². The second-order valence-corrected chi connectivity index (χ2v) is 7.70. The average Bonchev–Trinajstić information content (AvgIpc) is 2.43. The number of nitrogens with zero attached hydrogens (tertiary/aromatic N) is 1. The molecule has 1 rings (SSSR count). The molecule has 0 amide bonds. The fourth-order valence-electron chi connectivity index (χ4n) is 1.74. The van der Waals surface area contributed by atoms with E-state index in [4.69, 9.17) is 18.0 Å². The molecule has 0 aliphatic rings. The van der Waals surface area contributed by atoms with E-state index in [2.05, 4.69) is 0 Å². The predicted molar refractivity (Wildman–Crippen MR) is 88.2 cm³/mol. The number of benzene rings is 1. The zero-order valence-electron chi connectivity index (χ0n) is 12.3. The quantitative estimate of drug-likeness (QED) is 0.686. The monoisotopic (exact) mass is 330 g/mol. The zero-order valence-corrected chi connectivity index (χ0v) is 14.0. The smallest absolute Gasteiger partial charge is 0.179 e. The number of rotatable bonds is 8. The summed E-state index contributed by atoms with van der Waals surface area (Å²) in [6.45, 7) is 2.80. The van der Waals surface area contributed by atoms with E-state index in [9.17, 15) is 13.5 Å². The van der Waals surface area contributed by atoms with Crippen molar-refractivity contribution in [3.8, 4) is 0 Å². The number of thiocarbonyl (C=S) groups is 1. The Hall–Kier alpha value is -1.02. The third kappa shape index (κ3) is 6.09. The molecule has 0 fully saturated rings. The lowest BCUT2D eigenvalue weighted by Gasteiger charge is -2.17. The van der Waals surface area contributed by atoms with Crippen LogP contribution in [0, 0.1) is 0 Å². The Morgan fingerprint density at radius 3 is 2.38 bits per heavy atom. The van der Waals surface area contributed by atoms with Gasteiger partial charge >= 0.3 is 0 Å². The van der Waals surface area contributed by atoms with Crippen LogP contribution >= 0.6 is 12.2 Å². The first-order valence-electron chi connectivity index (χ1n) is 6.71. The van der Waals surface area contributed by atoms with E-state index in [1.54, 1.807) is 19.1 Å². The van der Waals surface area contributed by atoms with Gasteiger partial charge < -0.3 is 15.7 Å². The number of hydrogen-bond acceptors (Lipinski definition) is 5. The van der Waals surface area contributed by atoms with E-state index in [1.165, 1.54) is 12.1 Å². The minimum Gasteiger partial charge on any atom is -0.393 e. The van der Waals surface area contributed by atoms with Crippen molar-refractivity contribution in [3.05, 3.63) is 29.8 Å².